The van der Waals surface area contributed by atoms with Crippen LogP contribution < -0.4 is 0 Å². The summed E-state index contributed by atoms with van der Waals surface area (Å²) in [4.78, 5) is 24.7. The van der Waals surface area contributed by atoms with Crippen LogP contribution in [-0.2, 0) is 19.1 Å². The third-order valence-electron chi connectivity index (χ3n) is 16.8. The molecule has 82 heavy (non-hydrogen) atoms. The summed E-state index contributed by atoms with van der Waals surface area (Å²) in [7, 11) is 0. The largest absolute Gasteiger partial charge is 0.462 e. The van der Waals surface area contributed by atoms with Gasteiger partial charge in [-0.1, -0.05) is 364 Å². The van der Waals surface area contributed by atoms with Gasteiger partial charge in [0.05, 0.1) is 6.61 Å². The van der Waals surface area contributed by atoms with E-state index in [-0.39, 0.29) is 25.2 Å². The predicted molar refractivity (Wildman–Crippen MR) is 362 cm³/mol. The van der Waals surface area contributed by atoms with E-state index in [9.17, 15) is 14.7 Å². The van der Waals surface area contributed by atoms with Gasteiger partial charge in [-0.2, -0.15) is 0 Å². The Labute approximate surface area is 512 Å². The van der Waals surface area contributed by atoms with Crippen molar-refractivity contribution in [2.24, 2.45) is 0 Å². The summed E-state index contributed by atoms with van der Waals surface area (Å²) in [5.74, 6) is -0.568. The lowest BCUT2D eigenvalue weighted by Crippen LogP contribution is -2.28. The van der Waals surface area contributed by atoms with E-state index < -0.39 is 6.10 Å². The van der Waals surface area contributed by atoms with Gasteiger partial charge in [0.1, 0.15) is 6.61 Å². The Bertz CT molecular complexity index is 1390. The predicted octanol–water partition coefficient (Wildman–Crippen LogP) is 25.7. The minimum absolute atomic E-state index is 0.0610. The molecule has 0 spiro atoms. The zero-order chi connectivity index (χ0) is 59.1. The van der Waals surface area contributed by atoms with E-state index >= 15 is 0 Å². The Balaban J connectivity index is 3.40. The fraction of sp³-hybridized carbons (Fsp3) is 0.844. The molecule has 0 rings (SSSR count). The second kappa shape index (κ2) is 72.9. The summed E-state index contributed by atoms with van der Waals surface area (Å²) in [5.41, 5.74) is 0. The number of hydrogen-bond acceptors (Lipinski definition) is 5. The molecule has 0 aliphatic carbocycles. The van der Waals surface area contributed by atoms with E-state index in [1.165, 1.54) is 315 Å². The van der Waals surface area contributed by atoms with Gasteiger partial charge in [0.15, 0.2) is 6.10 Å². The summed E-state index contributed by atoms with van der Waals surface area (Å²) >= 11 is 0. The maximum atomic E-state index is 12.4. The maximum Gasteiger partial charge on any atom is 0.306 e. The van der Waals surface area contributed by atoms with Gasteiger partial charge in [0.25, 0.3) is 0 Å². The van der Waals surface area contributed by atoms with Crippen molar-refractivity contribution in [2.75, 3.05) is 13.2 Å². The van der Waals surface area contributed by atoms with E-state index in [0.29, 0.717) is 12.8 Å². The topological polar surface area (TPSA) is 72.8 Å². The molecule has 0 saturated carbocycles. The van der Waals surface area contributed by atoms with Gasteiger partial charge in [-0.3, -0.25) is 9.59 Å². The first-order valence-electron chi connectivity index (χ1n) is 36.8. The van der Waals surface area contributed by atoms with E-state index in [4.69, 9.17) is 9.47 Å². The van der Waals surface area contributed by atoms with Crippen molar-refractivity contribution >= 4 is 11.9 Å². The van der Waals surface area contributed by atoms with Gasteiger partial charge >= 0.3 is 11.9 Å². The number of allylic oxidation sites excluding steroid dienone is 10. The zero-order valence-corrected chi connectivity index (χ0v) is 55.3. The highest BCUT2D eigenvalue weighted by Gasteiger charge is 2.16. The third kappa shape index (κ3) is 70.1. The molecule has 0 aliphatic rings. The number of carbonyl (C=O) groups excluding carboxylic acids is 2. The number of esters is 2. The van der Waals surface area contributed by atoms with Crippen LogP contribution in [0.25, 0.3) is 0 Å². The van der Waals surface area contributed by atoms with Gasteiger partial charge < -0.3 is 14.6 Å². The molecule has 0 aliphatic heterocycles. The van der Waals surface area contributed by atoms with Crippen molar-refractivity contribution in [2.45, 2.75) is 405 Å². The third-order valence-corrected chi connectivity index (χ3v) is 16.8. The van der Waals surface area contributed by atoms with Crippen LogP contribution in [0.5, 0.6) is 0 Å². The number of ether oxygens (including phenoxy) is 2. The van der Waals surface area contributed by atoms with Gasteiger partial charge in [-0.05, 0) is 83.5 Å². The van der Waals surface area contributed by atoms with E-state index in [1.54, 1.807) is 0 Å². The molecule has 0 fully saturated rings. The average molecular weight is 1150 g/mol. The van der Waals surface area contributed by atoms with E-state index in [0.717, 1.165) is 57.8 Å². The maximum absolute atomic E-state index is 12.4. The molecule has 1 unspecified atom stereocenters. The van der Waals surface area contributed by atoms with Crippen molar-refractivity contribution in [1.29, 1.82) is 0 Å². The molecule has 0 radical (unpaired) electrons. The summed E-state index contributed by atoms with van der Waals surface area (Å²) in [6.45, 7) is 4.17. The molecular formula is C77H142O5. The van der Waals surface area contributed by atoms with Crippen molar-refractivity contribution in [3.05, 3.63) is 60.8 Å². The van der Waals surface area contributed by atoms with Crippen LogP contribution >= 0.6 is 0 Å². The Morgan fingerprint density at radius 2 is 0.488 bits per heavy atom. The first kappa shape index (κ1) is 79.6. The zero-order valence-electron chi connectivity index (χ0n) is 55.3. The summed E-state index contributed by atoms with van der Waals surface area (Å²) < 4.78 is 10.8. The quantitative estimate of drug-likeness (QED) is 0.0373. The van der Waals surface area contributed by atoms with Gasteiger partial charge in [0, 0.05) is 12.8 Å². The second-order valence-electron chi connectivity index (χ2n) is 25.0. The molecule has 0 bridgehead atoms. The van der Waals surface area contributed by atoms with Crippen LogP contribution in [-0.4, -0.2) is 36.4 Å². The van der Waals surface area contributed by atoms with Crippen LogP contribution in [0, 0.1) is 0 Å². The van der Waals surface area contributed by atoms with Crippen molar-refractivity contribution < 1.29 is 24.2 Å². The number of rotatable bonds is 69. The normalized spacial score (nSPS) is 12.5. The minimum Gasteiger partial charge on any atom is -0.462 e. The summed E-state index contributed by atoms with van der Waals surface area (Å²) in [6, 6.07) is 0. The molecular weight excluding hydrogens is 1000 g/mol. The lowest BCUT2D eigenvalue weighted by atomic mass is 10.0. The van der Waals surface area contributed by atoms with Crippen molar-refractivity contribution in [3.8, 4) is 0 Å². The first-order chi connectivity index (χ1) is 40.6. The summed E-state index contributed by atoms with van der Waals surface area (Å²) in [6.07, 6.45) is 99.9. The summed E-state index contributed by atoms with van der Waals surface area (Å²) in [5, 5.41) is 9.71. The van der Waals surface area contributed by atoms with Gasteiger partial charge in [-0.25, -0.2) is 0 Å². The molecule has 1 N–H and O–H groups in total. The number of unbranched alkanes of at least 4 members (excludes halogenated alkanes) is 51. The van der Waals surface area contributed by atoms with E-state index in [1.807, 2.05) is 0 Å². The van der Waals surface area contributed by atoms with Crippen LogP contribution in [0.15, 0.2) is 60.8 Å². The number of carbonyl (C=O) groups is 2. The second-order valence-corrected chi connectivity index (χ2v) is 25.0. The fourth-order valence-electron chi connectivity index (χ4n) is 11.2. The van der Waals surface area contributed by atoms with Crippen molar-refractivity contribution in [1.82, 2.24) is 0 Å². The molecule has 0 aromatic heterocycles. The smallest absolute Gasteiger partial charge is 0.306 e. The standard InChI is InChI=1S/C77H142O5/c1-3-5-7-9-11-13-15-17-19-21-23-25-27-29-31-33-35-37-38-40-41-43-45-47-49-51-53-55-57-59-61-63-65-67-69-71-76(79)81-74-75(73-78)82-77(80)72-70-68-66-64-62-60-58-56-54-52-50-48-46-44-42-39-36-34-32-30-28-26-24-22-20-18-16-14-12-10-8-6-4-2/h15-18,21-24,28,30,75,78H,3-14,19-20,25-27,29,31-74H2,1-2H3/b17-15-,18-16-,23-21-,24-22-,30-28-. The number of aliphatic hydroxyl groups excluding tert-OH is 1. The van der Waals surface area contributed by atoms with Crippen LogP contribution in [0.1, 0.15) is 399 Å². The fourth-order valence-corrected chi connectivity index (χ4v) is 11.2. The Morgan fingerprint density at radius 1 is 0.280 bits per heavy atom. The molecule has 5 nitrogen and oxygen atoms in total. The highest BCUT2D eigenvalue weighted by Crippen LogP contribution is 2.19. The van der Waals surface area contributed by atoms with Gasteiger partial charge in [0.2, 0.25) is 0 Å². The Morgan fingerprint density at radius 3 is 0.732 bits per heavy atom. The lowest BCUT2D eigenvalue weighted by molar-refractivity contribution is -0.161. The Kier molecular flexibility index (Phi) is 70.7. The molecule has 0 heterocycles. The molecule has 1 atom stereocenters. The van der Waals surface area contributed by atoms with Gasteiger partial charge in [-0.15, -0.1) is 0 Å². The first-order valence-corrected chi connectivity index (χ1v) is 36.8. The highest BCUT2D eigenvalue weighted by molar-refractivity contribution is 5.70. The minimum atomic E-state index is -0.772. The molecule has 0 amide bonds. The lowest BCUT2D eigenvalue weighted by Gasteiger charge is -2.15. The molecule has 0 aromatic rings. The molecule has 5 heteroatoms. The molecule has 480 valence electrons. The SMILES string of the molecule is CCCCCCC/C=C\C/C=C\C/C=C\CCCCCCCCCCCCCCCCCCCCC(=O)OC(CO)COC(=O)CCCCCCCCCCCCCCCCCCCCCCCCC/C=C\C/C=C\CCCCCCC. The number of hydrogen-bond donors (Lipinski definition) is 1. The van der Waals surface area contributed by atoms with Crippen LogP contribution in [0.4, 0.5) is 0 Å². The molecule has 0 aromatic carbocycles. The van der Waals surface area contributed by atoms with E-state index in [2.05, 4.69) is 74.6 Å². The monoisotopic (exact) mass is 1150 g/mol. The Hall–Kier alpha value is -2.40. The number of aliphatic hydroxyl groups is 1. The average Bonchev–Trinajstić information content (AvgIpc) is 3.49. The van der Waals surface area contributed by atoms with Crippen LogP contribution in [0.3, 0.4) is 0 Å². The van der Waals surface area contributed by atoms with Crippen molar-refractivity contribution in [3.63, 3.8) is 0 Å². The molecule has 0 saturated heterocycles. The highest BCUT2D eigenvalue weighted by atomic mass is 16.6. The van der Waals surface area contributed by atoms with Crippen LogP contribution in [0.2, 0.25) is 0 Å².